The van der Waals surface area contributed by atoms with E-state index in [9.17, 15) is 10.2 Å². The third kappa shape index (κ3) is 2.87. The maximum Gasteiger partial charge on any atom is 0.103 e. The number of benzene rings is 1. The Balaban J connectivity index is 2.08. The van der Waals surface area contributed by atoms with Crippen molar-refractivity contribution in [3.63, 3.8) is 0 Å². The van der Waals surface area contributed by atoms with Crippen molar-refractivity contribution in [2.24, 2.45) is 5.73 Å². The van der Waals surface area contributed by atoms with Crippen molar-refractivity contribution in [1.82, 2.24) is 4.90 Å². The molecule has 0 bridgehead atoms. The van der Waals surface area contributed by atoms with Crippen LogP contribution in [0.2, 0.25) is 0 Å². The summed E-state index contributed by atoms with van der Waals surface area (Å²) in [5, 5.41) is 19.0. The van der Waals surface area contributed by atoms with Crippen LogP contribution in [0.15, 0.2) is 18.2 Å². The maximum absolute atomic E-state index is 9.51. The minimum atomic E-state index is -0.638. The number of nitrogens with two attached hydrogens (primary N) is 1. The molecule has 2 atom stereocenters. The van der Waals surface area contributed by atoms with Gasteiger partial charge in [-0.25, -0.2) is 0 Å². The molecule has 18 heavy (non-hydrogen) atoms. The molecule has 4 N–H and O–H groups in total. The first kappa shape index (κ1) is 13.4. The van der Waals surface area contributed by atoms with E-state index in [1.54, 1.807) is 0 Å². The lowest BCUT2D eigenvalue weighted by atomic mass is 10.0. The lowest BCUT2D eigenvalue weighted by Crippen LogP contribution is -2.22. The van der Waals surface area contributed by atoms with Gasteiger partial charge in [-0.2, -0.15) is 0 Å². The Bertz CT molecular complexity index is 454. The quantitative estimate of drug-likeness (QED) is 0.680. The van der Waals surface area contributed by atoms with Crippen molar-refractivity contribution in [3.05, 3.63) is 34.9 Å². The molecule has 0 amide bonds. The fourth-order valence-electron chi connectivity index (χ4n) is 2.24. The van der Waals surface area contributed by atoms with Crippen LogP contribution < -0.4 is 5.73 Å². The minimum Gasteiger partial charge on any atom is -0.389 e. The second kappa shape index (κ2) is 5.32. The lowest BCUT2D eigenvalue weighted by molar-refractivity contribution is 0.0572. The smallest absolute Gasteiger partial charge is 0.103 e. The van der Waals surface area contributed by atoms with Crippen LogP contribution in [-0.2, 0) is 6.54 Å². The van der Waals surface area contributed by atoms with Gasteiger partial charge in [0.05, 0.1) is 12.2 Å². The highest BCUT2D eigenvalue weighted by atomic mass is 32.1. The molecule has 1 saturated heterocycles. The number of hydrogen-bond acceptors (Lipinski definition) is 4. The van der Waals surface area contributed by atoms with Crippen LogP contribution in [0.5, 0.6) is 0 Å². The van der Waals surface area contributed by atoms with Gasteiger partial charge in [0.25, 0.3) is 0 Å². The summed E-state index contributed by atoms with van der Waals surface area (Å²) in [6.45, 7) is 3.76. The number of aryl methyl sites for hydroxylation is 1. The molecule has 2 unspecified atom stereocenters. The van der Waals surface area contributed by atoms with Crippen molar-refractivity contribution in [1.29, 1.82) is 0 Å². The summed E-state index contributed by atoms with van der Waals surface area (Å²) in [5.74, 6) is 0. The van der Waals surface area contributed by atoms with Crippen LogP contribution in [0.1, 0.15) is 16.7 Å². The van der Waals surface area contributed by atoms with Crippen LogP contribution in [-0.4, -0.2) is 45.4 Å². The molecule has 1 aromatic carbocycles. The highest BCUT2D eigenvalue weighted by molar-refractivity contribution is 7.80. The van der Waals surface area contributed by atoms with Crippen LogP contribution in [0, 0.1) is 6.92 Å². The number of hydrogen-bond donors (Lipinski definition) is 3. The molecule has 1 heterocycles. The highest BCUT2D eigenvalue weighted by Gasteiger charge is 2.29. The van der Waals surface area contributed by atoms with Crippen molar-refractivity contribution < 1.29 is 10.2 Å². The van der Waals surface area contributed by atoms with E-state index in [1.165, 1.54) is 0 Å². The average molecular weight is 266 g/mol. The molecular weight excluding hydrogens is 248 g/mol. The van der Waals surface area contributed by atoms with Gasteiger partial charge in [-0.05, 0) is 24.1 Å². The fraction of sp³-hybridized carbons (Fsp3) is 0.462. The largest absolute Gasteiger partial charge is 0.389 e. The van der Waals surface area contributed by atoms with Gasteiger partial charge < -0.3 is 15.9 Å². The first-order valence-electron chi connectivity index (χ1n) is 5.95. The summed E-state index contributed by atoms with van der Waals surface area (Å²) in [6.07, 6.45) is -1.28. The molecule has 0 saturated carbocycles. The zero-order valence-corrected chi connectivity index (χ0v) is 11.2. The predicted molar refractivity (Wildman–Crippen MR) is 74.4 cm³/mol. The minimum absolute atomic E-state index is 0.400. The van der Waals surface area contributed by atoms with Gasteiger partial charge in [0.1, 0.15) is 4.99 Å². The maximum atomic E-state index is 9.51. The Morgan fingerprint density at radius 3 is 2.50 bits per heavy atom. The van der Waals surface area contributed by atoms with E-state index in [1.807, 2.05) is 30.0 Å². The summed E-state index contributed by atoms with van der Waals surface area (Å²) in [4.78, 5) is 2.44. The van der Waals surface area contributed by atoms with Gasteiger partial charge in [0.2, 0.25) is 0 Å². The summed E-state index contributed by atoms with van der Waals surface area (Å²) < 4.78 is 0. The molecular formula is C13H18N2O2S. The number of thiocarbonyl (C=S) groups is 1. The first-order valence-corrected chi connectivity index (χ1v) is 6.36. The van der Waals surface area contributed by atoms with E-state index >= 15 is 0 Å². The third-order valence-electron chi connectivity index (χ3n) is 3.36. The Morgan fingerprint density at radius 2 is 2.00 bits per heavy atom. The standard InChI is InChI=1S/C13H18N2O2S/c1-8-4-9(13(14)18)2-3-10(8)5-15-6-11(16)12(17)7-15/h2-4,11-12,16-17H,5-7H2,1H3,(H2,14,18). The third-order valence-corrected chi connectivity index (χ3v) is 3.59. The van der Waals surface area contributed by atoms with E-state index in [0.29, 0.717) is 18.1 Å². The SMILES string of the molecule is Cc1cc(C(N)=S)ccc1CN1CC(O)C(O)C1. The summed E-state index contributed by atoms with van der Waals surface area (Å²) in [7, 11) is 0. The first-order chi connectivity index (χ1) is 8.47. The Morgan fingerprint density at radius 1 is 1.39 bits per heavy atom. The molecule has 5 heteroatoms. The van der Waals surface area contributed by atoms with Crippen molar-refractivity contribution >= 4 is 17.2 Å². The summed E-state index contributed by atoms with van der Waals surface area (Å²) in [5.41, 5.74) is 8.74. The van der Waals surface area contributed by atoms with Crippen LogP contribution in [0.4, 0.5) is 0 Å². The monoisotopic (exact) mass is 266 g/mol. The van der Waals surface area contributed by atoms with Gasteiger partial charge in [0, 0.05) is 25.2 Å². The zero-order chi connectivity index (χ0) is 13.3. The van der Waals surface area contributed by atoms with E-state index in [-0.39, 0.29) is 0 Å². The molecule has 2 rings (SSSR count). The summed E-state index contributed by atoms with van der Waals surface area (Å²) >= 11 is 4.94. The second-order valence-corrected chi connectivity index (χ2v) is 5.27. The van der Waals surface area contributed by atoms with Gasteiger partial charge in [-0.3, -0.25) is 4.90 Å². The normalized spacial score (nSPS) is 24.4. The fourth-order valence-corrected chi connectivity index (χ4v) is 2.37. The average Bonchev–Trinajstić information content (AvgIpc) is 2.61. The molecule has 98 valence electrons. The highest BCUT2D eigenvalue weighted by Crippen LogP contribution is 2.17. The lowest BCUT2D eigenvalue weighted by Gasteiger charge is -2.17. The Labute approximate surface area is 112 Å². The molecule has 0 spiro atoms. The number of likely N-dealkylation sites (tertiary alicyclic amines) is 1. The van der Waals surface area contributed by atoms with Gasteiger partial charge in [0.15, 0.2) is 0 Å². The zero-order valence-electron chi connectivity index (χ0n) is 10.3. The van der Waals surface area contributed by atoms with E-state index in [0.717, 1.165) is 23.2 Å². The molecule has 1 fully saturated rings. The van der Waals surface area contributed by atoms with Crippen LogP contribution >= 0.6 is 12.2 Å². The van der Waals surface area contributed by atoms with Crippen molar-refractivity contribution in [2.45, 2.75) is 25.7 Å². The van der Waals surface area contributed by atoms with Crippen LogP contribution in [0.3, 0.4) is 0 Å². The van der Waals surface area contributed by atoms with Crippen molar-refractivity contribution in [3.8, 4) is 0 Å². The molecule has 4 nitrogen and oxygen atoms in total. The molecule has 1 aromatic rings. The Hall–Kier alpha value is -1.01. The number of rotatable bonds is 3. The number of aliphatic hydroxyl groups excluding tert-OH is 2. The van der Waals surface area contributed by atoms with E-state index in [2.05, 4.69) is 0 Å². The molecule has 0 radical (unpaired) electrons. The van der Waals surface area contributed by atoms with E-state index in [4.69, 9.17) is 18.0 Å². The Kier molecular flexibility index (Phi) is 3.97. The second-order valence-electron chi connectivity index (χ2n) is 4.83. The number of β-amino-alcohol motifs (C(OH)–C–C–N with tert-alkyl or cyclic N) is 2. The van der Waals surface area contributed by atoms with Gasteiger partial charge in [-0.15, -0.1) is 0 Å². The molecule has 0 aliphatic carbocycles. The van der Waals surface area contributed by atoms with Gasteiger partial charge in [-0.1, -0.05) is 24.4 Å². The van der Waals surface area contributed by atoms with E-state index < -0.39 is 12.2 Å². The molecule has 1 aliphatic heterocycles. The summed E-state index contributed by atoms with van der Waals surface area (Å²) in [6, 6.07) is 5.88. The van der Waals surface area contributed by atoms with Crippen LogP contribution in [0.25, 0.3) is 0 Å². The molecule has 1 aliphatic rings. The molecule has 0 aromatic heterocycles. The topological polar surface area (TPSA) is 69.7 Å². The van der Waals surface area contributed by atoms with Crippen molar-refractivity contribution in [2.75, 3.05) is 13.1 Å². The number of nitrogens with zero attached hydrogens (tertiary/aromatic N) is 1. The van der Waals surface area contributed by atoms with Gasteiger partial charge >= 0.3 is 0 Å². The predicted octanol–water partition coefficient (Wildman–Crippen LogP) is 0.167. The number of aliphatic hydroxyl groups is 2.